The van der Waals surface area contributed by atoms with Gasteiger partial charge in [-0.05, 0) is 17.5 Å². The zero-order valence-corrected chi connectivity index (χ0v) is 11.9. The van der Waals surface area contributed by atoms with Gasteiger partial charge in [-0.2, -0.15) is 13.2 Å². The number of amides is 1. The molecule has 2 atom stereocenters. The number of carbonyl (C=O) groups is 1. The summed E-state index contributed by atoms with van der Waals surface area (Å²) >= 11 is 0. The number of β-amino-alcohol motifs (C(OH)–C–C–N with tert-alkyl or cyclic N) is 1. The van der Waals surface area contributed by atoms with Gasteiger partial charge in [0.2, 0.25) is 5.91 Å². The molecule has 2 aliphatic rings. The van der Waals surface area contributed by atoms with Crippen molar-refractivity contribution in [2.75, 3.05) is 13.1 Å². The van der Waals surface area contributed by atoms with Crippen LogP contribution in [0.4, 0.5) is 13.2 Å². The molecule has 0 bridgehead atoms. The number of nitrogens with zero attached hydrogens (tertiary/aromatic N) is 1. The standard InChI is InChI=1S/C15H17F3N2O2/c16-15(17,18)14(22)5-6-20(9-14)13(21)12-7-10-3-1-2-4-11(10)8-19-12/h1-4,12,19,22H,5-9H2. The smallest absolute Gasteiger partial charge is 0.379 e. The van der Waals surface area contributed by atoms with Crippen LogP contribution < -0.4 is 5.32 Å². The Morgan fingerprint density at radius 3 is 2.64 bits per heavy atom. The number of halogens is 3. The van der Waals surface area contributed by atoms with Gasteiger partial charge in [0.05, 0.1) is 12.6 Å². The summed E-state index contributed by atoms with van der Waals surface area (Å²) < 4.78 is 38.5. The summed E-state index contributed by atoms with van der Waals surface area (Å²) in [7, 11) is 0. The van der Waals surface area contributed by atoms with Crippen molar-refractivity contribution in [1.29, 1.82) is 0 Å². The van der Waals surface area contributed by atoms with Crippen LogP contribution in [0, 0.1) is 0 Å². The van der Waals surface area contributed by atoms with Crippen LogP contribution in [-0.4, -0.2) is 46.8 Å². The molecule has 0 radical (unpaired) electrons. The number of hydrogen-bond acceptors (Lipinski definition) is 3. The van der Waals surface area contributed by atoms with Gasteiger partial charge < -0.3 is 15.3 Å². The quantitative estimate of drug-likeness (QED) is 0.820. The van der Waals surface area contributed by atoms with E-state index in [0.29, 0.717) is 13.0 Å². The van der Waals surface area contributed by atoms with E-state index in [9.17, 15) is 23.1 Å². The lowest BCUT2D eigenvalue weighted by atomic mass is 9.95. The summed E-state index contributed by atoms with van der Waals surface area (Å²) in [5.74, 6) is -0.380. The molecular weight excluding hydrogens is 297 g/mol. The Balaban J connectivity index is 1.69. The SMILES string of the molecule is O=C(C1Cc2ccccc2CN1)N1CCC(O)(C(F)(F)F)C1. The Kier molecular flexibility index (Phi) is 3.65. The van der Waals surface area contributed by atoms with Crippen LogP contribution in [0.25, 0.3) is 0 Å². The van der Waals surface area contributed by atoms with E-state index in [1.165, 1.54) is 0 Å². The number of nitrogens with one attached hydrogen (secondary N) is 1. The first-order chi connectivity index (χ1) is 10.3. The molecule has 1 saturated heterocycles. The van der Waals surface area contributed by atoms with Crippen molar-refractivity contribution in [2.45, 2.75) is 37.2 Å². The molecule has 1 fully saturated rings. The topological polar surface area (TPSA) is 52.6 Å². The molecule has 7 heteroatoms. The molecule has 2 N–H and O–H groups in total. The number of benzene rings is 1. The maximum Gasteiger partial charge on any atom is 0.419 e. The summed E-state index contributed by atoms with van der Waals surface area (Å²) in [6.45, 7) is -0.242. The van der Waals surface area contributed by atoms with Gasteiger partial charge >= 0.3 is 6.18 Å². The van der Waals surface area contributed by atoms with Crippen LogP contribution >= 0.6 is 0 Å². The van der Waals surface area contributed by atoms with Crippen molar-refractivity contribution in [1.82, 2.24) is 10.2 Å². The van der Waals surface area contributed by atoms with Gasteiger partial charge in [0, 0.05) is 19.5 Å². The van der Waals surface area contributed by atoms with Crippen LogP contribution in [-0.2, 0) is 17.8 Å². The van der Waals surface area contributed by atoms with E-state index in [2.05, 4.69) is 5.32 Å². The van der Waals surface area contributed by atoms with E-state index in [1.54, 1.807) is 0 Å². The third kappa shape index (κ3) is 2.59. The lowest BCUT2D eigenvalue weighted by molar-refractivity contribution is -0.253. The second kappa shape index (κ2) is 5.24. The van der Waals surface area contributed by atoms with Gasteiger partial charge in [-0.3, -0.25) is 4.79 Å². The van der Waals surface area contributed by atoms with Crippen molar-refractivity contribution in [3.63, 3.8) is 0 Å². The van der Waals surface area contributed by atoms with Gasteiger partial charge in [0.25, 0.3) is 0 Å². The lowest BCUT2D eigenvalue weighted by Crippen LogP contribution is -2.52. The van der Waals surface area contributed by atoms with E-state index in [4.69, 9.17) is 0 Å². The summed E-state index contributed by atoms with van der Waals surface area (Å²) in [4.78, 5) is 13.5. The van der Waals surface area contributed by atoms with Gasteiger partial charge in [0.15, 0.2) is 5.60 Å². The monoisotopic (exact) mass is 314 g/mol. The number of aliphatic hydroxyl groups is 1. The van der Waals surface area contributed by atoms with Crippen LogP contribution in [0.15, 0.2) is 24.3 Å². The Morgan fingerprint density at radius 2 is 2.00 bits per heavy atom. The number of alkyl halides is 3. The Morgan fingerprint density at radius 1 is 1.32 bits per heavy atom. The molecule has 0 saturated carbocycles. The van der Waals surface area contributed by atoms with Crippen LogP contribution in [0.3, 0.4) is 0 Å². The highest BCUT2D eigenvalue weighted by atomic mass is 19.4. The fraction of sp³-hybridized carbons (Fsp3) is 0.533. The molecule has 2 unspecified atom stereocenters. The van der Waals surface area contributed by atoms with Gasteiger partial charge in [-0.25, -0.2) is 0 Å². The summed E-state index contributed by atoms with van der Waals surface area (Å²) in [6, 6.07) is 7.13. The average molecular weight is 314 g/mol. The van der Waals surface area contributed by atoms with E-state index in [-0.39, 0.29) is 12.5 Å². The van der Waals surface area contributed by atoms with E-state index in [0.717, 1.165) is 16.0 Å². The number of fused-ring (bicyclic) bond motifs is 1. The highest BCUT2D eigenvalue weighted by Crippen LogP contribution is 2.37. The molecule has 0 aromatic heterocycles. The molecule has 1 aromatic rings. The van der Waals surface area contributed by atoms with Crippen LogP contribution in [0.5, 0.6) is 0 Å². The first kappa shape index (κ1) is 15.3. The maximum atomic E-state index is 12.8. The Bertz CT molecular complexity index is 590. The molecule has 22 heavy (non-hydrogen) atoms. The number of hydrogen-bond donors (Lipinski definition) is 2. The van der Waals surface area contributed by atoms with Crippen LogP contribution in [0.1, 0.15) is 17.5 Å². The van der Waals surface area contributed by atoms with Crippen molar-refractivity contribution in [3.8, 4) is 0 Å². The molecule has 2 heterocycles. The van der Waals surface area contributed by atoms with E-state index >= 15 is 0 Å². The first-order valence-corrected chi connectivity index (χ1v) is 7.18. The molecule has 4 nitrogen and oxygen atoms in total. The van der Waals surface area contributed by atoms with Crippen molar-refractivity contribution < 1.29 is 23.1 Å². The number of carbonyl (C=O) groups excluding carboxylic acids is 1. The van der Waals surface area contributed by atoms with Crippen molar-refractivity contribution >= 4 is 5.91 Å². The normalized spacial score (nSPS) is 28.5. The Labute approximate surface area is 125 Å². The van der Waals surface area contributed by atoms with Crippen LogP contribution in [0.2, 0.25) is 0 Å². The predicted octanol–water partition coefficient (Wildman–Crippen LogP) is 1.23. The van der Waals surface area contributed by atoms with E-state index in [1.807, 2.05) is 24.3 Å². The minimum absolute atomic E-state index is 0.0747. The molecule has 2 aliphatic heterocycles. The molecule has 1 amide bonds. The molecule has 120 valence electrons. The average Bonchev–Trinajstić information content (AvgIpc) is 2.89. The minimum Gasteiger partial charge on any atom is -0.379 e. The lowest BCUT2D eigenvalue weighted by Gasteiger charge is -2.30. The third-order valence-electron chi connectivity index (χ3n) is 4.47. The number of likely N-dealkylation sites (tertiary alicyclic amines) is 1. The largest absolute Gasteiger partial charge is 0.419 e. The maximum absolute atomic E-state index is 12.8. The highest BCUT2D eigenvalue weighted by Gasteiger charge is 2.58. The second-order valence-electron chi connectivity index (χ2n) is 5.95. The second-order valence-corrected chi connectivity index (χ2v) is 5.95. The number of rotatable bonds is 1. The zero-order valence-electron chi connectivity index (χ0n) is 11.9. The summed E-state index contributed by atoms with van der Waals surface area (Å²) in [5.41, 5.74) is -0.653. The molecule has 0 aliphatic carbocycles. The Hall–Kier alpha value is -1.60. The molecule has 3 rings (SSSR count). The third-order valence-corrected chi connectivity index (χ3v) is 4.47. The summed E-state index contributed by atoms with van der Waals surface area (Å²) in [6.07, 6.45) is -4.73. The molecular formula is C15H17F3N2O2. The molecule has 1 aromatic carbocycles. The predicted molar refractivity (Wildman–Crippen MR) is 73.0 cm³/mol. The first-order valence-electron chi connectivity index (χ1n) is 7.18. The van der Waals surface area contributed by atoms with Crippen molar-refractivity contribution in [3.05, 3.63) is 35.4 Å². The van der Waals surface area contributed by atoms with E-state index < -0.39 is 30.8 Å². The zero-order chi connectivity index (χ0) is 16.0. The fourth-order valence-electron chi connectivity index (χ4n) is 3.06. The summed E-state index contributed by atoms with van der Waals surface area (Å²) in [5, 5.41) is 12.7. The highest BCUT2D eigenvalue weighted by molar-refractivity contribution is 5.83. The fourth-order valence-corrected chi connectivity index (χ4v) is 3.06. The van der Waals surface area contributed by atoms with Crippen molar-refractivity contribution in [2.24, 2.45) is 0 Å². The van der Waals surface area contributed by atoms with Gasteiger partial charge in [0.1, 0.15) is 0 Å². The van der Waals surface area contributed by atoms with Gasteiger partial charge in [-0.1, -0.05) is 24.3 Å². The minimum atomic E-state index is -4.71. The van der Waals surface area contributed by atoms with Gasteiger partial charge in [-0.15, -0.1) is 0 Å². The molecule has 0 spiro atoms.